The molecule has 0 spiro atoms. The van der Waals surface area contributed by atoms with Gasteiger partial charge in [-0.25, -0.2) is 15.0 Å². The van der Waals surface area contributed by atoms with Crippen LogP contribution in [0.15, 0.2) is 47.1 Å². The van der Waals surface area contributed by atoms with Crippen LogP contribution in [0.5, 0.6) is 0 Å². The Morgan fingerprint density at radius 1 is 1.21 bits per heavy atom. The molecular formula is C18H19IN6O2S. The number of anilines is 1. The van der Waals surface area contributed by atoms with E-state index in [0.717, 1.165) is 33.7 Å². The Hall–Kier alpha value is -2.05. The quantitative estimate of drug-likeness (QED) is 0.368. The van der Waals surface area contributed by atoms with Gasteiger partial charge in [0.05, 0.1) is 0 Å². The summed E-state index contributed by atoms with van der Waals surface area (Å²) in [6, 6.07) is 7.96. The van der Waals surface area contributed by atoms with Crippen molar-refractivity contribution < 1.29 is 9.47 Å². The summed E-state index contributed by atoms with van der Waals surface area (Å²) in [6.45, 7) is 1.38. The van der Waals surface area contributed by atoms with Gasteiger partial charge in [-0.05, 0) is 59.8 Å². The maximum atomic E-state index is 6.00. The van der Waals surface area contributed by atoms with Crippen molar-refractivity contribution in [1.29, 1.82) is 0 Å². The molecule has 3 heterocycles. The molecule has 0 radical (unpaired) electrons. The lowest BCUT2D eigenvalue weighted by Gasteiger charge is -2.13. The Morgan fingerprint density at radius 3 is 2.89 bits per heavy atom. The molecule has 10 heteroatoms. The number of halogens is 1. The lowest BCUT2D eigenvalue weighted by Crippen LogP contribution is -2.05. The van der Waals surface area contributed by atoms with E-state index in [4.69, 9.17) is 20.9 Å². The van der Waals surface area contributed by atoms with Gasteiger partial charge in [-0.15, -0.1) is 0 Å². The maximum absolute atomic E-state index is 6.00. The molecule has 0 saturated heterocycles. The number of hydrogen-bond acceptors (Lipinski definition) is 8. The Kier molecular flexibility index (Phi) is 5.87. The van der Waals surface area contributed by atoms with Gasteiger partial charge in [-0.1, -0.05) is 18.2 Å². The summed E-state index contributed by atoms with van der Waals surface area (Å²) in [4.78, 5) is 13.0. The number of nitrogen functional groups attached to an aromatic ring is 1. The average Bonchev–Trinajstić information content (AvgIpc) is 3.29. The number of hydrogen-bond donors (Lipinski definition) is 2. The predicted octanol–water partition coefficient (Wildman–Crippen LogP) is 3.39. The van der Waals surface area contributed by atoms with Crippen molar-refractivity contribution in [3.63, 3.8) is 0 Å². The summed E-state index contributed by atoms with van der Waals surface area (Å²) in [5, 5.41) is 1.36. The zero-order valence-corrected chi connectivity index (χ0v) is 17.9. The van der Waals surface area contributed by atoms with Crippen LogP contribution < -0.4 is 11.5 Å². The first-order valence-electron chi connectivity index (χ1n) is 8.78. The highest BCUT2D eigenvalue weighted by atomic mass is 127. The molecule has 1 aliphatic rings. The fourth-order valence-corrected chi connectivity index (χ4v) is 4.33. The largest absolute Gasteiger partial charge is 0.454 e. The minimum Gasteiger partial charge on any atom is -0.454 e. The fourth-order valence-electron chi connectivity index (χ4n) is 2.85. The molecule has 0 fully saturated rings. The third kappa shape index (κ3) is 3.89. The highest BCUT2D eigenvalue weighted by Crippen LogP contribution is 2.39. The molecule has 1 atom stereocenters. The third-order valence-electron chi connectivity index (χ3n) is 4.22. The van der Waals surface area contributed by atoms with Crippen LogP contribution >= 0.6 is 34.4 Å². The molecule has 3 aromatic rings. The molecular weight excluding hydrogens is 491 g/mol. The number of nitrogens with zero attached hydrogens (tertiary/aromatic N) is 4. The van der Waals surface area contributed by atoms with Crippen LogP contribution in [-0.4, -0.2) is 26.1 Å². The first-order chi connectivity index (χ1) is 13.7. The molecule has 0 amide bonds. The highest BCUT2D eigenvalue weighted by molar-refractivity contribution is 14.1. The van der Waals surface area contributed by atoms with E-state index in [2.05, 4.69) is 37.5 Å². The van der Waals surface area contributed by atoms with Crippen LogP contribution in [0.2, 0.25) is 0 Å². The van der Waals surface area contributed by atoms with Crippen LogP contribution in [0, 0.1) is 3.57 Å². The predicted molar refractivity (Wildman–Crippen MR) is 116 cm³/mol. The SMILES string of the molecule is NCCCCn1c(SC2=COC(c3ccccc3I)O2)nc2c(N)ncnc21. The van der Waals surface area contributed by atoms with Crippen molar-refractivity contribution in [3.05, 3.63) is 51.1 Å². The zero-order chi connectivity index (χ0) is 19.5. The van der Waals surface area contributed by atoms with Gasteiger partial charge in [0.15, 0.2) is 22.1 Å². The minimum atomic E-state index is -0.462. The second kappa shape index (κ2) is 8.53. The van der Waals surface area contributed by atoms with E-state index < -0.39 is 6.29 Å². The molecule has 146 valence electrons. The van der Waals surface area contributed by atoms with E-state index in [0.29, 0.717) is 28.6 Å². The van der Waals surface area contributed by atoms with Crippen LogP contribution in [0.25, 0.3) is 11.2 Å². The average molecular weight is 510 g/mol. The lowest BCUT2D eigenvalue weighted by atomic mass is 10.2. The number of rotatable bonds is 7. The maximum Gasteiger partial charge on any atom is 0.268 e. The number of benzene rings is 1. The van der Waals surface area contributed by atoms with Crippen molar-refractivity contribution in [3.8, 4) is 0 Å². The van der Waals surface area contributed by atoms with Crippen molar-refractivity contribution in [2.75, 3.05) is 12.3 Å². The van der Waals surface area contributed by atoms with Crippen LogP contribution in [0.1, 0.15) is 24.7 Å². The molecule has 28 heavy (non-hydrogen) atoms. The fraction of sp³-hybridized carbons (Fsp3) is 0.278. The molecule has 8 nitrogen and oxygen atoms in total. The van der Waals surface area contributed by atoms with Crippen molar-refractivity contribution in [2.45, 2.75) is 30.8 Å². The van der Waals surface area contributed by atoms with Gasteiger partial charge < -0.3 is 25.5 Å². The number of aryl methyl sites for hydroxylation is 1. The molecule has 1 aromatic carbocycles. The number of ether oxygens (including phenoxy) is 2. The number of nitrogens with two attached hydrogens (primary N) is 2. The van der Waals surface area contributed by atoms with E-state index in [-0.39, 0.29) is 0 Å². The van der Waals surface area contributed by atoms with Crippen LogP contribution in [-0.2, 0) is 16.0 Å². The summed E-state index contributed by atoms with van der Waals surface area (Å²) in [5.41, 5.74) is 13.9. The third-order valence-corrected chi connectivity index (χ3v) is 6.09. The van der Waals surface area contributed by atoms with E-state index in [1.807, 2.05) is 28.8 Å². The van der Waals surface area contributed by atoms with Crippen LogP contribution in [0.3, 0.4) is 0 Å². The van der Waals surface area contributed by atoms with Crippen molar-refractivity contribution in [2.24, 2.45) is 5.73 Å². The smallest absolute Gasteiger partial charge is 0.268 e. The van der Waals surface area contributed by atoms with Crippen molar-refractivity contribution in [1.82, 2.24) is 19.5 Å². The van der Waals surface area contributed by atoms with Gasteiger partial charge in [0.2, 0.25) is 5.09 Å². The van der Waals surface area contributed by atoms with E-state index in [1.165, 1.54) is 18.1 Å². The Balaban J connectivity index is 1.57. The molecule has 0 aliphatic carbocycles. The Morgan fingerprint density at radius 2 is 2.07 bits per heavy atom. The number of thioether (sulfide) groups is 1. The van der Waals surface area contributed by atoms with E-state index in [1.54, 1.807) is 6.26 Å². The summed E-state index contributed by atoms with van der Waals surface area (Å²) < 4.78 is 14.8. The Bertz CT molecular complexity index is 1020. The number of imidazole rings is 1. The van der Waals surface area contributed by atoms with E-state index >= 15 is 0 Å². The normalized spacial score (nSPS) is 16.1. The molecule has 2 aromatic heterocycles. The number of fused-ring (bicyclic) bond motifs is 1. The first kappa shape index (κ1) is 19.3. The minimum absolute atomic E-state index is 0.360. The second-order valence-corrected chi connectivity index (χ2v) is 8.25. The molecule has 0 bridgehead atoms. The van der Waals surface area contributed by atoms with E-state index in [9.17, 15) is 0 Å². The number of aromatic nitrogens is 4. The van der Waals surface area contributed by atoms with Gasteiger partial charge in [0, 0.05) is 15.7 Å². The van der Waals surface area contributed by atoms with Gasteiger partial charge in [-0.3, -0.25) is 0 Å². The highest BCUT2D eigenvalue weighted by Gasteiger charge is 2.26. The van der Waals surface area contributed by atoms with Gasteiger partial charge in [0.25, 0.3) is 6.29 Å². The van der Waals surface area contributed by atoms with Gasteiger partial charge in [0.1, 0.15) is 12.6 Å². The standard InChI is InChI=1S/C18H19IN6O2S/c19-12-6-2-1-5-11(12)17-26-9-13(27-17)28-18-24-14-15(21)22-10-23-16(14)25(18)8-4-3-7-20/h1-2,5-6,9-10,17H,3-4,7-8,20H2,(H2,21,22,23). The monoisotopic (exact) mass is 510 g/mol. The second-order valence-electron chi connectivity index (χ2n) is 6.12. The topological polar surface area (TPSA) is 114 Å². The van der Waals surface area contributed by atoms with Crippen LogP contribution in [0.4, 0.5) is 5.82 Å². The summed E-state index contributed by atoms with van der Waals surface area (Å²) in [5.74, 6) is 0.360. The molecule has 1 unspecified atom stereocenters. The first-order valence-corrected chi connectivity index (χ1v) is 10.7. The molecule has 0 saturated carbocycles. The van der Waals surface area contributed by atoms with Gasteiger partial charge in [-0.2, -0.15) is 0 Å². The Labute approximate surface area is 179 Å². The summed E-state index contributed by atoms with van der Waals surface area (Å²) in [7, 11) is 0. The molecule has 4 N–H and O–H groups in total. The number of unbranched alkanes of at least 4 members (excludes halogenated alkanes) is 1. The summed E-state index contributed by atoms with van der Waals surface area (Å²) in [6.07, 6.45) is 4.45. The molecule has 4 rings (SSSR count). The molecule has 1 aliphatic heterocycles. The van der Waals surface area contributed by atoms with Crippen molar-refractivity contribution >= 4 is 51.3 Å². The lowest BCUT2D eigenvalue weighted by molar-refractivity contribution is -0.0279. The summed E-state index contributed by atoms with van der Waals surface area (Å²) >= 11 is 3.66. The van der Waals surface area contributed by atoms with Gasteiger partial charge >= 0.3 is 0 Å². The zero-order valence-electron chi connectivity index (χ0n) is 14.9.